The molecule has 0 atom stereocenters. The first-order valence-corrected chi connectivity index (χ1v) is 11.2. The van der Waals surface area contributed by atoms with Gasteiger partial charge in [0, 0.05) is 41.8 Å². The fourth-order valence-corrected chi connectivity index (χ4v) is 3.88. The Balaban J connectivity index is 1.23. The number of amides is 2. The van der Waals surface area contributed by atoms with Crippen LogP contribution < -0.4 is 5.32 Å². The largest absolute Gasteiger partial charge is 0.343 e. The molecule has 0 saturated carbocycles. The van der Waals surface area contributed by atoms with Crippen LogP contribution in [0, 0.1) is 6.92 Å². The summed E-state index contributed by atoms with van der Waals surface area (Å²) >= 11 is 3.34. The molecule has 2 heterocycles. The number of rotatable bonds is 6. The number of hydrogen-bond donors (Lipinski definition) is 1. The lowest BCUT2D eigenvalue weighted by Crippen LogP contribution is -2.50. The zero-order valence-corrected chi connectivity index (χ0v) is 19.3. The lowest BCUT2D eigenvalue weighted by molar-refractivity contribution is -0.131. The van der Waals surface area contributed by atoms with Gasteiger partial charge in [0.25, 0.3) is 5.91 Å². The van der Waals surface area contributed by atoms with E-state index < -0.39 is 0 Å². The van der Waals surface area contributed by atoms with Crippen LogP contribution in [0.2, 0.25) is 0 Å². The van der Waals surface area contributed by atoms with E-state index in [1.54, 1.807) is 23.1 Å². The lowest BCUT2D eigenvalue weighted by atomic mass is 10.1. The molecule has 1 saturated heterocycles. The number of carbonyl (C=O) groups is 2. The number of benzene rings is 2. The lowest BCUT2D eigenvalue weighted by Gasteiger charge is -2.34. The number of hydrogen-bond acceptors (Lipinski definition) is 6. The molecule has 1 N–H and O–H groups in total. The highest BCUT2D eigenvalue weighted by Gasteiger charge is 2.23. The summed E-state index contributed by atoms with van der Waals surface area (Å²) in [5.41, 5.74) is 2.62. The Bertz CT molecular complexity index is 1090. The Hall–Kier alpha value is -3.04. The van der Waals surface area contributed by atoms with E-state index in [4.69, 9.17) is 4.52 Å². The van der Waals surface area contributed by atoms with Gasteiger partial charge in [-0.3, -0.25) is 14.5 Å². The molecule has 166 valence electrons. The van der Waals surface area contributed by atoms with Crippen molar-refractivity contribution in [3.8, 4) is 11.4 Å². The van der Waals surface area contributed by atoms with Crippen molar-refractivity contribution in [2.75, 3.05) is 32.7 Å². The molecule has 4 rings (SSSR count). The number of nitrogens with zero attached hydrogens (tertiary/aromatic N) is 4. The van der Waals surface area contributed by atoms with Gasteiger partial charge >= 0.3 is 0 Å². The minimum absolute atomic E-state index is 0.0189. The van der Waals surface area contributed by atoms with Crippen molar-refractivity contribution in [1.82, 2.24) is 25.3 Å². The number of aromatic nitrogens is 2. The van der Waals surface area contributed by atoms with Crippen molar-refractivity contribution in [1.29, 1.82) is 0 Å². The third-order valence-electron chi connectivity index (χ3n) is 5.35. The van der Waals surface area contributed by atoms with Gasteiger partial charge in [-0.2, -0.15) is 4.98 Å². The fraction of sp³-hybridized carbons (Fsp3) is 0.304. The molecule has 1 aromatic heterocycles. The van der Waals surface area contributed by atoms with Crippen molar-refractivity contribution in [2.45, 2.75) is 13.5 Å². The fourth-order valence-electron chi connectivity index (χ4n) is 3.49. The van der Waals surface area contributed by atoms with Gasteiger partial charge in [0.15, 0.2) is 0 Å². The van der Waals surface area contributed by atoms with Gasteiger partial charge in [-0.15, -0.1) is 0 Å². The molecule has 0 bridgehead atoms. The second-order valence-corrected chi connectivity index (χ2v) is 8.64. The highest BCUT2D eigenvalue weighted by molar-refractivity contribution is 9.10. The standard InChI is InChI=1S/C23H24BrN5O3/c1-16-5-7-17(8-6-16)22-26-20(32-27-22)15-28-9-11-29(12-10-28)21(30)14-25-23(31)18-3-2-4-19(24)13-18/h2-8,13H,9-12,14-15H2,1H3,(H,25,31). The van der Waals surface area contributed by atoms with Gasteiger partial charge in [-0.05, 0) is 25.1 Å². The summed E-state index contributed by atoms with van der Waals surface area (Å²) in [7, 11) is 0. The van der Waals surface area contributed by atoms with Gasteiger partial charge in [0.2, 0.25) is 17.6 Å². The highest BCUT2D eigenvalue weighted by atomic mass is 79.9. The minimum Gasteiger partial charge on any atom is -0.343 e. The van der Waals surface area contributed by atoms with Gasteiger partial charge in [-0.1, -0.05) is 57.0 Å². The van der Waals surface area contributed by atoms with Crippen molar-refractivity contribution < 1.29 is 14.1 Å². The normalized spacial score (nSPS) is 14.4. The number of aryl methyl sites for hydroxylation is 1. The van der Waals surface area contributed by atoms with Crippen LogP contribution in [0.15, 0.2) is 57.5 Å². The van der Waals surface area contributed by atoms with Crippen LogP contribution in [0.5, 0.6) is 0 Å². The van der Waals surface area contributed by atoms with E-state index in [0.717, 1.165) is 10.0 Å². The van der Waals surface area contributed by atoms with E-state index in [-0.39, 0.29) is 18.4 Å². The maximum atomic E-state index is 12.5. The molecular weight excluding hydrogens is 474 g/mol. The summed E-state index contributed by atoms with van der Waals surface area (Å²) in [6, 6.07) is 15.1. The summed E-state index contributed by atoms with van der Waals surface area (Å²) in [4.78, 5) is 33.2. The van der Waals surface area contributed by atoms with E-state index in [2.05, 4.69) is 36.3 Å². The second kappa shape index (κ2) is 10.1. The molecule has 2 aromatic carbocycles. The number of halogens is 1. The van der Waals surface area contributed by atoms with Gasteiger partial charge in [0.05, 0.1) is 13.1 Å². The topological polar surface area (TPSA) is 91.6 Å². The first-order valence-electron chi connectivity index (χ1n) is 10.4. The number of nitrogens with one attached hydrogen (secondary N) is 1. The first-order chi connectivity index (χ1) is 15.5. The summed E-state index contributed by atoms with van der Waals surface area (Å²) in [6.45, 7) is 5.14. The van der Waals surface area contributed by atoms with Gasteiger partial charge in [0.1, 0.15) is 0 Å². The molecule has 2 amide bonds. The van der Waals surface area contributed by atoms with E-state index >= 15 is 0 Å². The van der Waals surface area contributed by atoms with E-state index in [0.29, 0.717) is 50.0 Å². The van der Waals surface area contributed by atoms with Crippen molar-refractivity contribution in [2.24, 2.45) is 0 Å². The predicted molar refractivity (Wildman–Crippen MR) is 123 cm³/mol. The predicted octanol–water partition coefficient (Wildman–Crippen LogP) is 2.88. The maximum absolute atomic E-state index is 12.5. The first kappa shape index (κ1) is 22.2. The third-order valence-corrected chi connectivity index (χ3v) is 5.84. The summed E-state index contributed by atoms with van der Waals surface area (Å²) in [5, 5.41) is 6.77. The molecule has 0 unspecified atom stereocenters. The van der Waals surface area contributed by atoms with E-state index in [1.165, 1.54) is 5.56 Å². The zero-order chi connectivity index (χ0) is 22.5. The van der Waals surface area contributed by atoms with Crippen LogP contribution in [0.25, 0.3) is 11.4 Å². The van der Waals surface area contributed by atoms with Crippen molar-refractivity contribution in [3.05, 3.63) is 70.0 Å². The summed E-state index contributed by atoms with van der Waals surface area (Å²) in [6.07, 6.45) is 0. The van der Waals surface area contributed by atoms with Gasteiger partial charge in [-0.25, -0.2) is 0 Å². The average molecular weight is 498 g/mol. The Morgan fingerprint density at radius 1 is 1.09 bits per heavy atom. The minimum atomic E-state index is -0.265. The van der Waals surface area contributed by atoms with Crippen molar-refractivity contribution >= 4 is 27.7 Å². The van der Waals surface area contributed by atoms with Crippen LogP contribution in [-0.2, 0) is 11.3 Å². The number of carbonyl (C=O) groups excluding carboxylic acids is 2. The van der Waals surface area contributed by atoms with Gasteiger partial charge < -0.3 is 14.7 Å². The quantitative estimate of drug-likeness (QED) is 0.562. The molecule has 0 aliphatic carbocycles. The van der Waals surface area contributed by atoms with Crippen molar-refractivity contribution in [3.63, 3.8) is 0 Å². The Labute approximate surface area is 194 Å². The highest BCUT2D eigenvalue weighted by Crippen LogP contribution is 2.17. The zero-order valence-electron chi connectivity index (χ0n) is 17.8. The molecule has 0 radical (unpaired) electrons. The SMILES string of the molecule is Cc1ccc(-c2noc(CN3CCN(C(=O)CNC(=O)c4cccc(Br)c4)CC3)n2)cc1. The molecule has 1 fully saturated rings. The maximum Gasteiger partial charge on any atom is 0.251 e. The summed E-state index contributed by atoms with van der Waals surface area (Å²) < 4.78 is 6.23. The third kappa shape index (κ3) is 5.60. The Kier molecular flexibility index (Phi) is 6.96. The van der Waals surface area contributed by atoms with Crippen LogP contribution in [0.3, 0.4) is 0 Å². The molecule has 9 heteroatoms. The smallest absolute Gasteiger partial charge is 0.251 e. The second-order valence-electron chi connectivity index (χ2n) is 7.73. The van der Waals surface area contributed by atoms with Crippen LogP contribution in [0.1, 0.15) is 21.8 Å². The Morgan fingerprint density at radius 2 is 1.84 bits per heavy atom. The molecule has 1 aliphatic rings. The molecule has 3 aromatic rings. The molecule has 0 spiro atoms. The van der Waals surface area contributed by atoms with Crippen LogP contribution in [-0.4, -0.2) is 64.5 Å². The number of piperazine rings is 1. The Morgan fingerprint density at radius 3 is 2.56 bits per heavy atom. The molecule has 8 nitrogen and oxygen atoms in total. The average Bonchev–Trinajstić information content (AvgIpc) is 3.26. The molecule has 32 heavy (non-hydrogen) atoms. The van der Waals surface area contributed by atoms with E-state index in [9.17, 15) is 9.59 Å². The van der Waals surface area contributed by atoms with Crippen LogP contribution in [0.4, 0.5) is 0 Å². The van der Waals surface area contributed by atoms with E-state index in [1.807, 2.05) is 37.3 Å². The monoisotopic (exact) mass is 497 g/mol. The van der Waals surface area contributed by atoms with Crippen LogP contribution >= 0.6 is 15.9 Å². The summed E-state index contributed by atoms with van der Waals surface area (Å²) in [5.74, 6) is 0.781. The molecular formula is C23H24BrN5O3. The molecule has 1 aliphatic heterocycles.